The smallest absolute Gasteiger partial charge is 0.119 e. The minimum atomic E-state index is -0.447. The number of likely N-dealkylation sites (tertiary alicyclic amines) is 1. The van der Waals surface area contributed by atoms with Gasteiger partial charge in [0.25, 0.3) is 0 Å². The lowest BCUT2D eigenvalue weighted by Crippen LogP contribution is -2.38. The van der Waals surface area contributed by atoms with Crippen molar-refractivity contribution in [2.45, 2.75) is 45.0 Å². The second-order valence-electron chi connectivity index (χ2n) is 5.99. The summed E-state index contributed by atoms with van der Waals surface area (Å²) in [6, 6.07) is 7.75. The molecule has 4 nitrogen and oxygen atoms in total. The first-order chi connectivity index (χ1) is 10.1. The topological polar surface area (TPSA) is 41.9 Å². The van der Waals surface area contributed by atoms with Gasteiger partial charge in [-0.05, 0) is 44.4 Å². The highest BCUT2D eigenvalue weighted by molar-refractivity contribution is 5.28. The van der Waals surface area contributed by atoms with Gasteiger partial charge in [-0.1, -0.05) is 12.1 Å². The van der Waals surface area contributed by atoms with E-state index in [2.05, 4.69) is 4.90 Å². The number of benzene rings is 1. The molecule has 0 aliphatic carbocycles. The van der Waals surface area contributed by atoms with E-state index >= 15 is 0 Å². The Morgan fingerprint density at radius 1 is 1.19 bits per heavy atom. The van der Waals surface area contributed by atoms with Crippen LogP contribution in [0, 0.1) is 0 Å². The molecule has 118 valence electrons. The number of hydrogen-bond donors (Lipinski definition) is 1. The van der Waals surface area contributed by atoms with Crippen molar-refractivity contribution in [2.24, 2.45) is 0 Å². The fourth-order valence-corrected chi connectivity index (χ4v) is 2.72. The Morgan fingerprint density at radius 2 is 1.81 bits per heavy atom. The van der Waals surface area contributed by atoms with Crippen molar-refractivity contribution in [1.82, 2.24) is 4.90 Å². The highest BCUT2D eigenvalue weighted by atomic mass is 16.5. The van der Waals surface area contributed by atoms with Gasteiger partial charge in [0.05, 0.1) is 18.3 Å². The number of aliphatic hydroxyl groups excluding tert-OH is 1. The van der Waals surface area contributed by atoms with Gasteiger partial charge in [0.1, 0.15) is 5.75 Å². The molecule has 0 spiro atoms. The van der Waals surface area contributed by atoms with E-state index in [1.807, 2.05) is 38.1 Å². The van der Waals surface area contributed by atoms with E-state index in [4.69, 9.17) is 9.47 Å². The maximum atomic E-state index is 10.4. The van der Waals surface area contributed by atoms with E-state index in [-0.39, 0.29) is 6.10 Å². The van der Waals surface area contributed by atoms with Gasteiger partial charge < -0.3 is 19.5 Å². The highest BCUT2D eigenvalue weighted by Gasteiger charge is 2.21. The number of methoxy groups -OCH3 is 1. The second kappa shape index (κ2) is 7.78. The van der Waals surface area contributed by atoms with Gasteiger partial charge in [-0.3, -0.25) is 0 Å². The highest BCUT2D eigenvalue weighted by Crippen LogP contribution is 2.21. The summed E-state index contributed by atoms with van der Waals surface area (Å²) in [5.74, 6) is 0.849. The Kier molecular flexibility index (Phi) is 6.03. The first-order valence-corrected chi connectivity index (χ1v) is 7.78. The van der Waals surface area contributed by atoms with Crippen LogP contribution >= 0.6 is 0 Å². The van der Waals surface area contributed by atoms with Crippen molar-refractivity contribution < 1.29 is 14.6 Å². The molecule has 1 aliphatic rings. The van der Waals surface area contributed by atoms with Gasteiger partial charge in [-0.25, -0.2) is 0 Å². The van der Waals surface area contributed by atoms with Gasteiger partial charge in [0.15, 0.2) is 0 Å². The Morgan fingerprint density at radius 3 is 2.33 bits per heavy atom. The van der Waals surface area contributed by atoms with Crippen LogP contribution in [-0.2, 0) is 4.74 Å². The molecule has 0 saturated carbocycles. The molecule has 0 bridgehead atoms. The number of piperidine rings is 1. The molecule has 1 aromatic carbocycles. The first kappa shape index (κ1) is 16.3. The van der Waals surface area contributed by atoms with Crippen molar-refractivity contribution in [3.8, 4) is 5.75 Å². The lowest BCUT2D eigenvalue weighted by atomic mass is 10.0. The number of β-amino-alcohol motifs (C(OH)–C–C–N with tert-alkyl or cyclic N) is 1. The predicted molar refractivity (Wildman–Crippen MR) is 83.6 cm³/mol. The average molecular weight is 293 g/mol. The molecule has 1 aliphatic heterocycles. The van der Waals surface area contributed by atoms with Crippen LogP contribution < -0.4 is 4.74 Å². The fraction of sp³-hybridized carbons (Fsp3) is 0.647. The van der Waals surface area contributed by atoms with Gasteiger partial charge in [-0.15, -0.1) is 0 Å². The minimum absolute atomic E-state index is 0.169. The molecular formula is C17H27NO3. The lowest BCUT2D eigenvalue weighted by Gasteiger charge is -2.32. The predicted octanol–water partition coefficient (Wildman–Crippen LogP) is 2.62. The molecule has 4 heteroatoms. The molecule has 1 heterocycles. The molecule has 1 unspecified atom stereocenters. The molecule has 0 aromatic heterocycles. The average Bonchev–Trinajstić information content (AvgIpc) is 2.48. The molecule has 2 rings (SSSR count). The van der Waals surface area contributed by atoms with E-state index < -0.39 is 6.10 Å². The van der Waals surface area contributed by atoms with Crippen molar-refractivity contribution in [1.29, 1.82) is 0 Å². The van der Waals surface area contributed by atoms with Crippen LogP contribution in [0.3, 0.4) is 0 Å². The number of ether oxygens (including phenoxy) is 2. The van der Waals surface area contributed by atoms with Crippen LogP contribution in [0.5, 0.6) is 5.75 Å². The van der Waals surface area contributed by atoms with Gasteiger partial charge in [0.2, 0.25) is 0 Å². The van der Waals surface area contributed by atoms with Crippen molar-refractivity contribution in [3.63, 3.8) is 0 Å². The van der Waals surface area contributed by atoms with Crippen LogP contribution in [0.1, 0.15) is 38.4 Å². The first-order valence-electron chi connectivity index (χ1n) is 7.78. The van der Waals surface area contributed by atoms with E-state index in [0.717, 1.165) is 37.2 Å². The summed E-state index contributed by atoms with van der Waals surface area (Å²) >= 11 is 0. The molecule has 1 aromatic rings. The summed E-state index contributed by atoms with van der Waals surface area (Å²) < 4.78 is 11.0. The third-order valence-electron chi connectivity index (χ3n) is 3.94. The molecule has 1 atom stereocenters. The van der Waals surface area contributed by atoms with Crippen molar-refractivity contribution in [3.05, 3.63) is 29.8 Å². The number of nitrogens with zero attached hydrogens (tertiary/aromatic N) is 1. The Hall–Kier alpha value is -1.10. The fourth-order valence-electron chi connectivity index (χ4n) is 2.72. The van der Waals surface area contributed by atoms with Crippen molar-refractivity contribution in [2.75, 3.05) is 26.7 Å². The molecule has 0 radical (unpaired) electrons. The maximum absolute atomic E-state index is 10.4. The Labute approximate surface area is 127 Å². The molecule has 1 fully saturated rings. The lowest BCUT2D eigenvalue weighted by molar-refractivity contribution is 0.0242. The van der Waals surface area contributed by atoms with E-state index in [1.54, 1.807) is 7.11 Å². The quantitative estimate of drug-likeness (QED) is 0.875. The Bertz CT molecular complexity index is 411. The van der Waals surface area contributed by atoms with E-state index in [0.29, 0.717) is 12.6 Å². The van der Waals surface area contributed by atoms with Crippen molar-refractivity contribution >= 4 is 0 Å². The van der Waals surface area contributed by atoms with Crippen LogP contribution in [0.15, 0.2) is 24.3 Å². The van der Waals surface area contributed by atoms with E-state index in [1.165, 1.54) is 0 Å². The maximum Gasteiger partial charge on any atom is 0.119 e. The monoisotopic (exact) mass is 293 g/mol. The summed E-state index contributed by atoms with van der Waals surface area (Å²) in [6.45, 7) is 6.67. The van der Waals surface area contributed by atoms with Crippen LogP contribution in [0.4, 0.5) is 0 Å². The second-order valence-corrected chi connectivity index (χ2v) is 5.99. The van der Waals surface area contributed by atoms with Crippen LogP contribution in [-0.4, -0.2) is 49.0 Å². The number of aliphatic hydroxyl groups is 1. The zero-order valence-electron chi connectivity index (χ0n) is 13.3. The molecule has 0 amide bonds. The van der Waals surface area contributed by atoms with Gasteiger partial charge in [-0.2, -0.15) is 0 Å². The SMILES string of the molecule is COC1CCN(CC(O)c2ccc(OC(C)C)cc2)CC1. The minimum Gasteiger partial charge on any atom is -0.491 e. The summed E-state index contributed by atoms with van der Waals surface area (Å²) in [6.07, 6.45) is 2.19. The molecule has 21 heavy (non-hydrogen) atoms. The number of hydrogen-bond acceptors (Lipinski definition) is 4. The summed E-state index contributed by atoms with van der Waals surface area (Å²) in [4.78, 5) is 2.30. The third kappa shape index (κ3) is 4.99. The zero-order valence-corrected chi connectivity index (χ0v) is 13.3. The zero-order chi connectivity index (χ0) is 15.2. The largest absolute Gasteiger partial charge is 0.491 e. The molecular weight excluding hydrogens is 266 g/mol. The summed E-state index contributed by atoms with van der Waals surface area (Å²) in [7, 11) is 1.77. The van der Waals surface area contributed by atoms with E-state index in [9.17, 15) is 5.11 Å². The van der Waals surface area contributed by atoms with Gasteiger partial charge in [0, 0.05) is 26.7 Å². The number of rotatable bonds is 6. The van der Waals surface area contributed by atoms with Crippen LogP contribution in [0.25, 0.3) is 0 Å². The standard InChI is InChI=1S/C17H27NO3/c1-13(2)21-16-6-4-14(5-7-16)17(19)12-18-10-8-15(20-3)9-11-18/h4-7,13,15,17,19H,8-12H2,1-3H3. The summed E-state index contributed by atoms with van der Waals surface area (Å²) in [5.41, 5.74) is 0.944. The molecule has 1 saturated heterocycles. The molecule has 1 N–H and O–H groups in total. The third-order valence-corrected chi connectivity index (χ3v) is 3.94. The summed E-state index contributed by atoms with van der Waals surface area (Å²) in [5, 5.41) is 10.4. The van der Waals surface area contributed by atoms with Gasteiger partial charge >= 0.3 is 0 Å². The Balaban J connectivity index is 1.84. The normalized spacial score (nSPS) is 18.9. The van der Waals surface area contributed by atoms with Crippen LogP contribution in [0.2, 0.25) is 0 Å².